The van der Waals surface area contributed by atoms with Crippen LogP contribution in [0.2, 0.25) is 0 Å². The quantitative estimate of drug-likeness (QED) is 0.415. The fourth-order valence-corrected chi connectivity index (χ4v) is 7.48. The van der Waals surface area contributed by atoms with Crippen molar-refractivity contribution in [3.63, 3.8) is 0 Å². The summed E-state index contributed by atoms with van der Waals surface area (Å²) in [7, 11) is 0. The Kier molecular flexibility index (Phi) is 9.09. The third-order valence-electron chi connectivity index (χ3n) is 8.53. The van der Waals surface area contributed by atoms with Gasteiger partial charge >= 0.3 is 11.9 Å². The Morgan fingerprint density at radius 3 is 1.75 bits per heavy atom. The summed E-state index contributed by atoms with van der Waals surface area (Å²) in [4.78, 5) is 25.7. The van der Waals surface area contributed by atoms with E-state index in [2.05, 4.69) is 66.0 Å². The number of carbonyl (C=O) groups is 2. The molecule has 4 rings (SSSR count). The number of aryl methyl sites for hydroxylation is 1. The SMILES string of the molecule is CC1(C)CC(OC(=O)c2ccc(CCC3CCC(C(=O)OC4CC(C)(C)NC(C)(C)C4)OC3)cc2)CC(C)(C)N1. The molecule has 3 saturated heterocycles. The van der Waals surface area contributed by atoms with Crippen molar-refractivity contribution in [2.24, 2.45) is 5.92 Å². The van der Waals surface area contributed by atoms with Crippen molar-refractivity contribution in [3.05, 3.63) is 35.4 Å². The number of ether oxygens (including phenoxy) is 3. The molecule has 3 fully saturated rings. The molecule has 0 spiro atoms. The first-order valence-corrected chi connectivity index (χ1v) is 15.2. The van der Waals surface area contributed by atoms with Crippen molar-refractivity contribution in [2.45, 2.75) is 147 Å². The Labute approximate surface area is 241 Å². The van der Waals surface area contributed by atoms with Crippen molar-refractivity contribution in [1.29, 1.82) is 0 Å². The summed E-state index contributed by atoms with van der Waals surface area (Å²) >= 11 is 0. The number of piperidine rings is 2. The molecule has 1 aromatic carbocycles. The largest absolute Gasteiger partial charge is 0.460 e. The molecule has 224 valence electrons. The standard InChI is InChI=1S/C33H52N2O5/c1-30(2)17-25(18-31(3,4)34-30)39-28(36)24-14-11-22(12-15-24)9-10-23-13-16-27(38-21-23)29(37)40-26-19-32(5,6)35-33(7,8)20-26/h11-12,14-15,23,25-27,34-35H,9-10,13,16-21H2,1-8H3. The lowest BCUT2D eigenvalue weighted by atomic mass is 9.81. The van der Waals surface area contributed by atoms with Crippen LogP contribution in [0.5, 0.6) is 0 Å². The smallest absolute Gasteiger partial charge is 0.338 e. The molecule has 2 atom stereocenters. The van der Waals surface area contributed by atoms with Gasteiger partial charge in [-0.1, -0.05) is 12.1 Å². The van der Waals surface area contributed by atoms with Gasteiger partial charge < -0.3 is 24.8 Å². The van der Waals surface area contributed by atoms with Crippen LogP contribution in [0, 0.1) is 5.92 Å². The molecule has 0 saturated carbocycles. The van der Waals surface area contributed by atoms with E-state index in [1.807, 2.05) is 24.3 Å². The number of esters is 2. The van der Waals surface area contributed by atoms with Crippen LogP contribution in [-0.4, -0.2) is 59.0 Å². The third kappa shape index (κ3) is 8.77. The van der Waals surface area contributed by atoms with Gasteiger partial charge in [-0.3, -0.25) is 0 Å². The van der Waals surface area contributed by atoms with E-state index < -0.39 is 6.10 Å². The first kappa shape index (κ1) is 31.0. The predicted molar refractivity (Wildman–Crippen MR) is 157 cm³/mol. The highest BCUT2D eigenvalue weighted by Crippen LogP contribution is 2.33. The van der Waals surface area contributed by atoms with Gasteiger partial charge in [0.1, 0.15) is 12.2 Å². The van der Waals surface area contributed by atoms with E-state index in [0.29, 0.717) is 24.5 Å². The second-order valence-corrected chi connectivity index (χ2v) is 15.2. The van der Waals surface area contributed by atoms with Gasteiger partial charge in [0.25, 0.3) is 0 Å². The van der Waals surface area contributed by atoms with Crippen molar-refractivity contribution in [3.8, 4) is 0 Å². The Morgan fingerprint density at radius 1 is 0.775 bits per heavy atom. The molecule has 0 radical (unpaired) electrons. The molecule has 0 aliphatic carbocycles. The van der Waals surface area contributed by atoms with E-state index in [1.165, 1.54) is 5.56 Å². The highest BCUT2D eigenvalue weighted by atomic mass is 16.6. The molecule has 3 aliphatic heterocycles. The van der Waals surface area contributed by atoms with E-state index in [4.69, 9.17) is 14.2 Å². The number of hydrogen-bond acceptors (Lipinski definition) is 7. The minimum atomic E-state index is -0.459. The number of benzene rings is 1. The maximum Gasteiger partial charge on any atom is 0.338 e. The number of nitrogens with one attached hydrogen (secondary N) is 2. The zero-order valence-electron chi connectivity index (χ0n) is 26.0. The zero-order chi connectivity index (χ0) is 29.3. The second kappa shape index (κ2) is 11.7. The van der Waals surface area contributed by atoms with Crippen LogP contribution < -0.4 is 10.6 Å². The first-order chi connectivity index (χ1) is 18.5. The highest BCUT2D eigenvalue weighted by molar-refractivity contribution is 5.89. The fourth-order valence-electron chi connectivity index (χ4n) is 7.48. The van der Waals surface area contributed by atoms with Crippen molar-refractivity contribution < 1.29 is 23.8 Å². The highest BCUT2D eigenvalue weighted by Gasteiger charge is 2.41. The maximum atomic E-state index is 12.8. The van der Waals surface area contributed by atoms with Crippen LogP contribution in [0.4, 0.5) is 0 Å². The Hall–Kier alpha value is -1.96. The molecule has 1 aromatic rings. The normalized spacial score (nSPS) is 28.0. The number of rotatable bonds is 7. The molecule has 3 aliphatic rings. The van der Waals surface area contributed by atoms with Crippen LogP contribution >= 0.6 is 0 Å². The van der Waals surface area contributed by atoms with E-state index in [9.17, 15) is 9.59 Å². The molecule has 0 amide bonds. The summed E-state index contributed by atoms with van der Waals surface area (Å²) in [6.07, 6.45) is 6.14. The van der Waals surface area contributed by atoms with Gasteiger partial charge in [0, 0.05) is 47.8 Å². The monoisotopic (exact) mass is 556 g/mol. The van der Waals surface area contributed by atoms with Gasteiger partial charge in [-0.25, -0.2) is 9.59 Å². The number of hydrogen-bond donors (Lipinski definition) is 2. The van der Waals surface area contributed by atoms with Gasteiger partial charge in [-0.05, 0) is 105 Å². The molecule has 3 heterocycles. The minimum Gasteiger partial charge on any atom is -0.460 e. The Bertz CT molecular complexity index is 1010. The molecule has 2 N–H and O–H groups in total. The van der Waals surface area contributed by atoms with Crippen molar-refractivity contribution in [2.75, 3.05) is 6.61 Å². The number of carbonyl (C=O) groups excluding carboxylic acids is 2. The lowest BCUT2D eigenvalue weighted by Gasteiger charge is -2.46. The van der Waals surface area contributed by atoms with Crippen LogP contribution in [0.3, 0.4) is 0 Å². The van der Waals surface area contributed by atoms with Crippen molar-refractivity contribution >= 4 is 11.9 Å². The van der Waals surface area contributed by atoms with Crippen LogP contribution in [0.25, 0.3) is 0 Å². The average Bonchev–Trinajstić information content (AvgIpc) is 2.79. The van der Waals surface area contributed by atoms with Gasteiger partial charge in [0.15, 0.2) is 6.10 Å². The molecule has 40 heavy (non-hydrogen) atoms. The van der Waals surface area contributed by atoms with E-state index in [1.54, 1.807) is 0 Å². The predicted octanol–water partition coefficient (Wildman–Crippen LogP) is 5.73. The molecule has 7 nitrogen and oxygen atoms in total. The fraction of sp³-hybridized carbons (Fsp3) is 0.758. The van der Waals surface area contributed by atoms with Crippen LogP contribution in [0.1, 0.15) is 116 Å². The van der Waals surface area contributed by atoms with Crippen LogP contribution in [-0.2, 0) is 25.4 Å². The maximum absolute atomic E-state index is 12.8. The Balaban J connectivity index is 1.19. The Morgan fingerprint density at radius 2 is 1.27 bits per heavy atom. The van der Waals surface area contributed by atoms with Gasteiger partial charge in [-0.15, -0.1) is 0 Å². The molecule has 7 heteroatoms. The minimum absolute atomic E-state index is 0.0643. The zero-order valence-corrected chi connectivity index (χ0v) is 26.0. The summed E-state index contributed by atoms with van der Waals surface area (Å²) in [5, 5.41) is 7.26. The summed E-state index contributed by atoms with van der Waals surface area (Å²) in [6, 6.07) is 7.81. The van der Waals surface area contributed by atoms with Crippen molar-refractivity contribution in [1.82, 2.24) is 10.6 Å². The second-order valence-electron chi connectivity index (χ2n) is 15.2. The molecule has 0 bridgehead atoms. The lowest BCUT2D eigenvalue weighted by Crippen LogP contribution is -2.60. The molecule has 2 unspecified atom stereocenters. The summed E-state index contributed by atoms with van der Waals surface area (Å²) in [5.74, 6) is -0.0478. The topological polar surface area (TPSA) is 85.9 Å². The molecule has 0 aromatic heterocycles. The summed E-state index contributed by atoms with van der Waals surface area (Å²) in [5.41, 5.74) is 1.53. The van der Waals surface area contributed by atoms with Crippen LogP contribution in [0.15, 0.2) is 24.3 Å². The van der Waals surface area contributed by atoms with E-state index in [0.717, 1.165) is 44.9 Å². The molecular formula is C33H52N2O5. The van der Waals surface area contributed by atoms with Gasteiger partial charge in [-0.2, -0.15) is 0 Å². The van der Waals surface area contributed by atoms with Gasteiger partial charge in [0.05, 0.1) is 12.2 Å². The third-order valence-corrected chi connectivity index (χ3v) is 8.53. The average molecular weight is 557 g/mol. The van der Waals surface area contributed by atoms with E-state index >= 15 is 0 Å². The first-order valence-electron chi connectivity index (χ1n) is 15.2. The summed E-state index contributed by atoms with van der Waals surface area (Å²) < 4.78 is 17.8. The summed E-state index contributed by atoms with van der Waals surface area (Å²) in [6.45, 7) is 17.8. The molecular weight excluding hydrogens is 504 g/mol. The van der Waals surface area contributed by atoms with Gasteiger partial charge in [0.2, 0.25) is 0 Å². The van der Waals surface area contributed by atoms with E-state index in [-0.39, 0.29) is 46.3 Å². The lowest BCUT2D eigenvalue weighted by molar-refractivity contribution is -0.171.